The second kappa shape index (κ2) is 5.18. The molecule has 3 N–H and O–H groups in total. The predicted octanol–water partition coefficient (Wildman–Crippen LogP) is 0.625. The number of methoxy groups -OCH3 is 1. The number of rotatable bonds is 4. The first-order valence-electron chi connectivity index (χ1n) is 5.93. The number of hydrogen-bond acceptors (Lipinski definition) is 4. The Balaban J connectivity index is 2.32. The van der Waals surface area contributed by atoms with Crippen LogP contribution in [0.4, 0.5) is 0 Å². The summed E-state index contributed by atoms with van der Waals surface area (Å²) in [5.41, 5.74) is 0.181. The molecule has 0 spiro atoms. The molecule has 0 saturated heterocycles. The molecule has 0 heterocycles. The highest BCUT2D eigenvalue weighted by Gasteiger charge is 2.23. The summed E-state index contributed by atoms with van der Waals surface area (Å²) in [6.07, 6.45) is 2.99. The van der Waals surface area contributed by atoms with Gasteiger partial charge in [0.15, 0.2) is 0 Å². The quantitative estimate of drug-likeness (QED) is 0.847. The van der Waals surface area contributed by atoms with Gasteiger partial charge in [0, 0.05) is 6.04 Å². The molecule has 0 aliphatic heterocycles. The van der Waals surface area contributed by atoms with Crippen molar-refractivity contribution in [1.82, 2.24) is 5.32 Å². The molecular formula is C12H16N2O4S. The van der Waals surface area contributed by atoms with E-state index in [9.17, 15) is 13.2 Å². The zero-order valence-corrected chi connectivity index (χ0v) is 11.4. The van der Waals surface area contributed by atoms with Crippen LogP contribution in [0.1, 0.15) is 29.6 Å². The van der Waals surface area contributed by atoms with E-state index in [1.54, 1.807) is 0 Å². The molecule has 0 atom stereocenters. The van der Waals surface area contributed by atoms with Gasteiger partial charge in [-0.3, -0.25) is 4.79 Å². The Bertz CT molecular complexity index is 594. The molecule has 1 aliphatic carbocycles. The number of hydrogen-bond donors (Lipinski definition) is 2. The molecule has 1 saturated carbocycles. The van der Waals surface area contributed by atoms with Crippen LogP contribution in [0, 0.1) is 0 Å². The van der Waals surface area contributed by atoms with Gasteiger partial charge in [0.2, 0.25) is 10.0 Å². The molecule has 7 heteroatoms. The Hall–Kier alpha value is -1.60. The average molecular weight is 284 g/mol. The maximum Gasteiger partial charge on any atom is 0.255 e. The normalized spacial score (nSPS) is 15.7. The molecule has 1 aliphatic rings. The summed E-state index contributed by atoms with van der Waals surface area (Å²) in [5.74, 6) is -0.0173. The maximum absolute atomic E-state index is 12.1. The third kappa shape index (κ3) is 3.05. The Morgan fingerprint density at radius 1 is 1.42 bits per heavy atom. The summed E-state index contributed by atoms with van der Waals surface area (Å²) >= 11 is 0. The van der Waals surface area contributed by atoms with Gasteiger partial charge >= 0.3 is 0 Å². The third-order valence-electron chi connectivity index (χ3n) is 3.18. The molecule has 1 aromatic carbocycles. The Morgan fingerprint density at radius 2 is 2.11 bits per heavy atom. The van der Waals surface area contributed by atoms with Crippen molar-refractivity contribution in [2.75, 3.05) is 7.11 Å². The highest BCUT2D eigenvalue weighted by Crippen LogP contribution is 2.24. The molecule has 1 aromatic rings. The molecule has 0 unspecified atom stereocenters. The van der Waals surface area contributed by atoms with Crippen LogP contribution in [0.15, 0.2) is 23.1 Å². The van der Waals surface area contributed by atoms with E-state index in [0.29, 0.717) is 5.75 Å². The van der Waals surface area contributed by atoms with Gasteiger partial charge in [-0.1, -0.05) is 0 Å². The second-order valence-corrected chi connectivity index (χ2v) is 6.07. The van der Waals surface area contributed by atoms with Crippen LogP contribution < -0.4 is 15.2 Å². The Kier molecular flexibility index (Phi) is 3.77. The molecule has 19 heavy (non-hydrogen) atoms. The van der Waals surface area contributed by atoms with Crippen molar-refractivity contribution in [3.8, 4) is 5.75 Å². The number of nitrogens with one attached hydrogen (secondary N) is 1. The number of primary sulfonamides is 1. The van der Waals surface area contributed by atoms with Crippen LogP contribution in [0.2, 0.25) is 0 Å². The Morgan fingerprint density at radius 3 is 2.58 bits per heavy atom. The van der Waals surface area contributed by atoms with E-state index in [1.165, 1.54) is 25.3 Å². The fourth-order valence-electron chi connectivity index (χ4n) is 1.86. The molecular weight excluding hydrogens is 268 g/mol. The highest BCUT2D eigenvalue weighted by atomic mass is 32.2. The van der Waals surface area contributed by atoms with E-state index >= 15 is 0 Å². The van der Waals surface area contributed by atoms with Gasteiger partial charge in [0.25, 0.3) is 5.91 Å². The van der Waals surface area contributed by atoms with Crippen molar-refractivity contribution in [1.29, 1.82) is 0 Å². The van der Waals surface area contributed by atoms with Crippen LogP contribution in [-0.4, -0.2) is 27.5 Å². The first-order chi connectivity index (χ1) is 8.91. The van der Waals surface area contributed by atoms with E-state index < -0.39 is 10.0 Å². The molecule has 1 fully saturated rings. The third-order valence-corrected chi connectivity index (χ3v) is 4.10. The van der Waals surface area contributed by atoms with Crippen molar-refractivity contribution in [2.45, 2.75) is 30.2 Å². The lowest BCUT2D eigenvalue weighted by Gasteiger charge is -2.26. The van der Waals surface area contributed by atoms with Crippen molar-refractivity contribution in [3.63, 3.8) is 0 Å². The van der Waals surface area contributed by atoms with Gasteiger partial charge in [-0.05, 0) is 37.5 Å². The van der Waals surface area contributed by atoms with Crippen LogP contribution in [0.5, 0.6) is 5.75 Å². The summed E-state index contributed by atoms with van der Waals surface area (Å²) in [6, 6.07) is 4.14. The highest BCUT2D eigenvalue weighted by molar-refractivity contribution is 7.89. The minimum atomic E-state index is -3.84. The predicted molar refractivity (Wildman–Crippen MR) is 69.5 cm³/mol. The van der Waals surface area contributed by atoms with E-state index in [-0.39, 0.29) is 22.4 Å². The number of nitrogens with two attached hydrogens (primary N) is 1. The zero-order chi connectivity index (χ0) is 14.0. The van der Waals surface area contributed by atoms with Crippen LogP contribution in [0.25, 0.3) is 0 Å². The smallest absolute Gasteiger partial charge is 0.255 e. The van der Waals surface area contributed by atoms with Gasteiger partial charge in [-0.15, -0.1) is 0 Å². The molecule has 6 nitrogen and oxygen atoms in total. The zero-order valence-electron chi connectivity index (χ0n) is 10.5. The van der Waals surface area contributed by atoms with E-state index in [4.69, 9.17) is 9.88 Å². The maximum atomic E-state index is 12.1. The standard InChI is InChI=1S/C12H16N2O4S/c1-18-11-6-5-9(19(13,16)17)7-10(11)12(15)14-8-3-2-4-8/h5-8H,2-4H2,1H3,(H,14,15)(H2,13,16,17). The number of ether oxygens (including phenoxy) is 1. The van der Waals surface area contributed by atoms with Crippen molar-refractivity contribution in [2.24, 2.45) is 5.14 Å². The molecule has 104 valence electrons. The van der Waals surface area contributed by atoms with Gasteiger partial charge in [0.05, 0.1) is 17.6 Å². The summed E-state index contributed by atoms with van der Waals surface area (Å²) < 4.78 is 27.7. The first-order valence-corrected chi connectivity index (χ1v) is 7.48. The van der Waals surface area contributed by atoms with E-state index in [2.05, 4.69) is 5.32 Å². The largest absolute Gasteiger partial charge is 0.496 e. The summed E-state index contributed by atoms with van der Waals surface area (Å²) in [4.78, 5) is 12.0. The van der Waals surface area contributed by atoms with Gasteiger partial charge in [-0.2, -0.15) is 0 Å². The molecule has 0 bridgehead atoms. The molecule has 0 radical (unpaired) electrons. The van der Waals surface area contributed by atoms with E-state index in [1.807, 2.05) is 0 Å². The SMILES string of the molecule is COc1ccc(S(N)(=O)=O)cc1C(=O)NC1CCC1. The first kappa shape index (κ1) is 13.8. The molecule has 2 rings (SSSR count). The van der Waals surface area contributed by atoms with Crippen LogP contribution in [0.3, 0.4) is 0 Å². The Labute approximate surface area is 112 Å². The van der Waals surface area contributed by atoms with Crippen LogP contribution >= 0.6 is 0 Å². The minimum absolute atomic E-state index is 0.105. The summed E-state index contributed by atoms with van der Waals surface area (Å²) in [7, 11) is -2.42. The summed E-state index contributed by atoms with van der Waals surface area (Å²) in [5, 5.41) is 7.89. The number of benzene rings is 1. The fraction of sp³-hybridized carbons (Fsp3) is 0.417. The van der Waals surface area contributed by atoms with Gasteiger partial charge in [0.1, 0.15) is 5.75 Å². The lowest BCUT2D eigenvalue weighted by molar-refractivity contribution is 0.0913. The van der Waals surface area contributed by atoms with Gasteiger partial charge in [-0.25, -0.2) is 13.6 Å². The molecule has 0 aromatic heterocycles. The van der Waals surface area contributed by atoms with Crippen molar-refractivity contribution in [3.05, 3.63) is 23.8 Å². The van der Waals surface area contributed by atoms with Crippen LogP contribution in [-0.2, 0) is 10.0 Å². The fourth-order valence-corrected chi connectivity index (χ4v) is 2.40. The van der Waals surface area contributed by atoms with Crippen molar-refractivity contribution < 1.29 is 17.9 Å². The topological polar surface area (TPSA) is 98.5 Å². The molecule has 1 amide bonds. The van der Waals surface area contributed by atoms with E-state index in [0.717, 1.165) is 19.3 Å². The van der Waals surface area contributed by atoms with Crippen molar-refractivity contribution >= 4 is 15.9 Å². The minimum Gasteiger partial charge on any atom is -0.496 e. The number of carbonyl (C=O) groups is 1. The number of carbonyl (C=O) groups excluding carboxylic acids is 1. The number of amides is 1. The summed E-state index contributed by atoms with van der Waals surface area (Å²) in [6.45, 7) is 0. The lowest BCUT2D eigenvalue weighted by Crippen LogP contribution is -2.39. The number of sulfonamides is 1. The lowest BCUT2D eigenvalue weighted by atomic mass is 9.93. The van der Waals surface area contributed by atoms with Gasteiger partial charge < -0.3 is 10.1 Å². The second-order valence-electron chi connectivity index (χ2n) is 4.51. The average Bonchev–Trinajstić information content (AvgIpc) is 2.31. The monoisotopic (exact) mass is 284 g/mol.